The maximum atomic E-state index is 11.9. The van der Waals surface area contributed by atoms with Gasteiger partial charge in [-0.25, -0.2) is 0 Å². The van der Waals surface area contributed by atoms with Crippen molar-refractivity contribution in [1.82, 2.24) is 9.88 Å². The molecule has 0 atom stereocenters. The summed E-state index contributed by atoms with van der Waals surface area (Å²) in [5, 5.41) is 0. The maximum absolute atomic E-state index is 11.9. The molecule has 1 aliphatic heterocycles. The fourth-order valence-corrected chi connectivity index (χ4v) is 1.49. The van der Waals surface area contributed by atoms with Crippen LogP contribution in [0, 0.1) is 6.20 Å². The minimum Gasteiger partial charge on any atom is -0.460 e. The van der Waals surface area contributed by atoms with Crippen LogP contribution in [0.25, 0.3) is 0 Å². The SMILES string of the molecule is C=CN1[C-]=C(C(=O)c2cccnc2)CC1.[K+]. The fourth-order valence-electron chi connectivity index (χ4n) is 1.49. The Morgan fingerprint density at radius 3 is 3.00 bits per heavy atom. The summed E-state index contributed by atoms with van der Waals surface area (Å²) < 4.78 is 0. The van der Waals surface area contributed by atoms with Gasteiger partial charge in [-0.15, -0.1) is 12.8 Å². The van der Waals surface area contributed by atoms with Crippen LogP contribution in [0.4, 0.5) is 0 Å². The van der Waals surface area contributed by atoms with Gasteiger partial charge in [0.1, 0.15) is 0 Å². The summed E-state index contributed by atoms with van der Waals surface area (Å²) in [5.74, 6) is 0.00690. The smallest absolute Gasteiger partial charge is 0.460 e. The van der Waals surface area contributed by atoms with Crippen LogP contribution in [-0.2, 0) is 0 Å². The average Bonchev–Trinajstić information content (AvgIpc) is 2.78. The van der Waals surface area contributed by atoms with Crippen LogP contribution in [0.3, 0.4) is 0 Å². The summed E-state index contributed by atoms with van der Waals surface area (Å²) in [5.41, 5.74) is 1.31. The molecule has 4 heteroatoms. The van der Waals surface area contributed by atoms with Gasteiger partial charge in [0, 0.05) is 18.9 Å². The Bertz CT molecular complexity index is 414. The molecule has 0 saturated carbocycles. The molecule has 2 heterocycles. The van der Waals surface area contributed by atoms with Crippen LogP contribution in [-0.4, -0.2) is 22.2 Å². The number of ketones is 1. The molecular weight excluding hydrogens is 227 g/mol. The summed E-state index contributed by atoms with van der Waals surface area (Å²) in [4.78, 5) is 17.6. The van der Waals surface area contributed by atoms with E-state index in [1.54, 1.807) is 35.6 Å². The van der Waals surface area contributed by atoms with Gasteiger partial charge in [-0.3, -0.25) is 4.98 Å². The van der Waals surface area contributed by atoms with E-state index in [2.05, 4.69) is 17.8 Å². The molecule has 1 aromatic heterocycles. The van der Waals surface area contributed by atoms with Crippen molar-refractivity contribution in [1.29, 1.82) is 0 Å². The quantitative estimate of drug-likeness (QED) is 0.377. The standard InChI is InChI=1S/C12H11N2O.K/c1-2-14-7-5-11(9-14)12(15)10-4-3-6-13-8-10;/h2-4,6,8H,1,5,7H2;/q-1;+1. The van der Waals surface area contributed by atoms with Crippen molar-refractivity contribution in [3.05, 3.63) is 54.6 Å². The molecule has 0 N–H and O–H groups in total. The molecule has 1 aliphatic rings. The van der Waals surface area contributed by atoms with Crippen LogP contribution < -0.4 is 51.4 Å². The first kappa shape index (κ1) is 13.8. The first-order valence-corrected chi connectivity index (χ1v) is 4.77. The Hall–Kier alpha value is -0.264. The number of pyridine rings is 1. The molecule has 0 unspecified atom stereocenters. The second kappa shape index (κ2) is 6.47. The number of nitrogens with zero attached hydrogens (tertiary/aromatic N) is 2. The van der Waals surface area contributed by atoms with Gasteiger partial charge in [-0.2, -0.15) is 0 Å². The summed E-state index contributed by atoms with van der Waals surface area (Å²) in [6.45, 7) is 4.42. The van der Waals surface area contributed by atoms with Gasteiger partial charge in [0.2, 0.25) is 0 Å². The van der Waals surface area contributed by atoms with E-state index in [9.17, 15) is 4.79 Å². The zero-order chi connectivity index (χ0) is 10.7. The van der Waals surface area contributed by atoms with Crippen molar-refractivity contribution in [2.24, 2.45) is 0 Å². The van der Waals surface area contributed by atoms with Crippen LogP contribution >= 0.6 is 0 Å². The van der Waals surface area contributed by atoms with Crippen LogP contribution in [0.15, 0.2) is 42.9 Å². The number of hydrogen-bond donors (Lipinski definition) is 0. The number of rotatable bonds is 3. The Morgan fingerprint density at radius 1 is 1.62 bits per heavy atom. The van der Waals surface area contributed by atoms with Crippen molar-refractivity contribution < 1.29 is 56.2 Å². The molecule has 2 rings (SSSR count). The molecule has 0 aliphatic carbocycles. The normalized spacial score (nSPS) is 14.0. The molecule has 0 radical (unpaired) electrons. The molecule has 0 aromatic carbocycles. The predicted molar refractivity (Wildman–Crippen MR) is 56.8 cm³/mol. The Labute approximate surface area is 138 Å². The van der Waals surface area contributed by atoms with Crippen molar-refractivity contribution in [3.8, 4) is 0 Å². The first-order valence-electron chi connectivity index (χ1n) is 4.77. The third-order valence-electron chi connectivity index (χ3n) is 2.30. The van der Waals surface area contributed by atoms with Gasteiger partial charge in [-0.1, -0.05) is 17.8 Å². The third-order valence-corrected chi connectivity index (χ3v) is 2.30. The van der Waals surface area contributed by atoms with Crippen LogP contribution in [0.2, 0.25) is 0 Å². The number of Topliss-reactive ketones (excluding diaryl/α,β-unsaturated/α-hetero) is 1. The molecule has 0 spiro atoms. The number of hydrogen-bond acceptors (Lipinski definition) is 3. The number of carbonyl (C=O) groups excluding carboxylic acids is 1. The van der Waals surface area contributed by atoms with E-state index >= 15 is 0 Å². The second-order valence-corrected chi connectivity index (χ2v) is 3.29. The first-order chi connectivity index (χ1) is 7.31. The van der Waals surface area contributed by atoms with Gasteiger partial charge in [0.25, 0.3) is 0 Å². The summed E-state index contributed by atoms with van der Waals surface area (Å²) >= 11 is 0. The minimum atomic E-state index is 0. The van der Waals surface area contributed by atoms with Crippen molar-refractivity contribution >= 4 is 5.78 Å². The Balaban J connectivity index is 0.00000128. The van der Waals surface area contributed by atoms with Gasteiger partial charge in [0.15, 0.2) is 0 Å². The van der Waals surface area contributed by atoms with Crippen LogP contribution in [0.1, 0.15) is 16.8 Å². The zero-order valence-electron chi connectivity index (χ0n) is 9.31. The molecule has 1 aromatic rings. The van der Waals surface area contributed by atoms with E-state index in [1.165, 1.54) is 0 Å². The molecule has 0 saturated heterocycles. The second-order valence-electron chi connectivity index (χ2n) is 3.29. The molecule has 16 heavy (non-hydrogen) atoms. The molecule has 3 nitrogen and oxygen atoms in total. The van der Waals surface area contributed by atoms with E-state index in [-0.39, 0.29) is 57.2 Å². The molecular formula is C12H11KN2O. The fraction of sp³-hybridized carbons (Fsp3) is 0.167. The average molecular weight is 238 g/mol. The van der Waals surface area contributed by atoms with Gasteiger partial charge >= 0.3 is 51.4 Å². The third kappa shape index (κ3) is 3.12. The summed E-state index contributed by atoms with van der Waals surface area (Å²) in [6, 6.07) is 3.52. The monoisotopic (exact) mass is 238 g/mol. The summed E-state index contributed by atoms with van der Waals surface area (Å²) in [6.07, 6.45) is 8.61. The zero-order valence-corrected chi connectivity index (χ0v) is 12.4. The Kier molecular flexibility index (Phi) is 5.58. The summed E-state index contributed by atoms with van der Waals surface area (Å²) in [7, 11) is 0. The predicted octanol–water partition coefficient (Wildman–Crippen LogP) is -1.20. The van der Waals surface area contributed by atoms with E-state index in [4.69, 9.17) is 0 Å². The number of carbonyl (C=O) groups is 1. The van der Waals surface area contributed by atoms with Crippen molar-refractivity contribution in [2.45, 2.75) is 6.42 Å². The molecule has 76 valence electrons. The molecule has 0 amide bonds. The topological polar surface area (TPSA) is 33.2 Å². The van der Waals surface area contributed by atoms with Crippen LogP contribution in [0.5, 0.6) is 0 Å². The molecule has 0 fully saturated rings. The van der Waals surface area contributed by atoms with E-state index in [0.29, 0.717) is 11.1 Å². The maximum Gasteiger partial charge on any atom is 1.00 e. The van der Waals surface area contributed by atoms with Gasteiger partial charge in [-0.05, 0) is 18.1 Å². The van der Waals surface area contributed by atoms with Gasteiger partial charge in [0.05, 0.1) is 5.78 Å². The Morgan fingerprint density at radius 2 is 2.44 bits per heavy atom. The number of aromatic nitrogens is 1. The minimum absolute atomic E-state index is 0. The van der Waals surface area contributed by atoms with Crippen molar-refractivity contribution in [2.75, 3.05) is 6.54 Å². The molecule has 0 bridgehead atoms. The van der Waals surface area contributed by atoms with E-state index in [1.807, 2.05) is 0 Å². The van der Waals surface area contributed by atoms with E-state index in [0.717, 1.165) is 13.0 Å². The van der Waals surface area contributed by atoms with Crippen molar-refractivity contribution in [3.63, 3.8) is 0 Å². The largest absolute Gasteiger partial charge is 1.00 e. The van der Waals surface area contributed by atoms with Gasteiger partial charge < -0.3 is 9.69 Å². The van der Waals surface area contributed by atoms with E-state index < -0.39 is 0 Å².